The molecule has 0 bridgehead atoms. The molecule has 3 aromatic rings. The molecular weight excluding hydrogens is 357 g/mol. The first-order valence-electron chi connectivity index (χ1n) is 8.73. The van der Waals surface area contributed by atoms with Gasteiger partial charge in [0.05, 0.1) is 0 Å². The maximum absolute atomic E-state index is 13.1. The van der Waals surface area contributed by atoms with Crippen LogP contribution in [0.4, 0.5) is 4.39 Å². The molecule has 138 valence electrons. The van der Waals surface area contributed by atoms with Crippen LogP contribution < -0.4 is 4.74 Å². The smallest absolute Gasteiger partial charge is 0.363 e. The van der Waals surface area contributed by atoms with Crippen molar-refractivity contribution >= 4 is 17.9 Å². The van der Waals surface area contributed by atoms with Crippen LogP contribution >= 0.6 is 0 Å². The highest BCUT2D eigenvalue weighted by molar-refractivity contribution is 6.12. The number of rotatable bonds is 5. The van der Waals surface area contributed by atoms with Crippen molar-refractivity contribution in [2.75, 3.05) is 0 Å². The molecule has 0 saturated carbocycles. The van der Waals surface area contributed by atoms with Crippen molar-refractivity contribution in [2.45, 2.75) is 6.61 Å². The molecule has 0 N–H and O–H groups in total. The Hall–Kier alpha value is -3.73. The monoisotopic (exact) mass is 373 g/mol. The van der Waals surface area contributed by atoms with E-state index in [-0.39, 0.29) is 17.4 Å². The van der Waals surface area contributed by atoms with Gasteiger partial charge >= 0.3 is 5.97 Å². The minimum atomic E-state index is -0.558. The van der Waals surface area contributed by atoms with Crippen LogP contribution in [0.2, 0.25) is 0 Å². The number of hydrogen-bond donors (Lipinski definition) is 0. The number of hydrogen-bond acceptors (Lipinski definition) is 4. The lowest BCUT2D eigenvalue weighted by molar-refractivity contribution is -0.129. The van der Waals surface area contributed by atoms with E-state index in [0.29, 0.717) is 17.9 Å². The van der Waals surface area contributed by atoms with E-state index in [4.69, 9.17) is 9.47 Å². The van der Waals surface area contributed by atoms with Gasteiger partial charge in [-0.05, 0) is 42.0 Å². The van der Waals surface area contributed by atoms with Gasteiger partial charge in [-0.25, -0.2) is 14.2 Å². The fraction of sp³-hybridized carbons (Fsp3) is 0.0435. The van der Waals surface area contributed by atoms with Gasteiger partial charge in [0, 0.05) is 11.1 Å². The van der Waals surface area contributed by atoms with E-state index >= 15 is 0 Å². The SMILES string of the molecule is O=C1OC(c2ccc(F)cc2)=N/C1=C\c1ccccc1OCc1ccccc1. The third kappa shape index (κ3) is 3.99. The summed E-state index contributed by atoms with van der Waals surface area (Å²) in [7, 11) is 0. The number of halogens is 1. The Morgan fingerprint density at radius 3 is 2.43 bits per heavy atom. The van der Waals surface area contributed by atoms with Crippen molar-refractivity contribution in [1.29, 1.82) is 0 Å². The summed E-state index contributed by atoms with van der Waals surface area (Å²) in [6.07, 6.45) is 1.62. The molecule has 1 aliphatic rings. The number of esters is 1. The Labute approximate surface area is 161 Å². The lowest BCUT2D eigenvalue weighted by atomic mass is 10.1. The summed E-state index contributed by atoms with van der Waals surface area (Å²) in [4.78, 5) is 16.5. The summed E-state index contributed by atoms with van der Waals surface area (Å²) in [5.41, 5.74) is 2.46. The van der Waals surface area contributed by atoms with Crippen LogP contribution in [0.25, 0.3) is 6.08 Å². The molecule has 0 saturated heterocycles. The van der Waals surface area contributed by atoms with Gasteiger partial charge in [-0.2, -0.15) is 0 Å². The molecule has 0 radical (unpaired) electrons. The molecule has 0 amide bonds. The number of benzene rings is 3. The van der Waals surface area contributed by atoms with Crippen molar-refractivity contribution in [1.82, 2.24) is 0 Å². The molecule has 0 fully saturated rings. The van der Waals surface area contributed by atoms with Crippen LogP contribution in [0.1, 0.15) is 16.7 Å². The number of aliphatic imine (C=N–C) groups is 1. The third-order valence-corrected chi connectivity index (χ3v) is 4.16. The van der Waals surface area contributed by atoms with Gasteiger partial charge in [0.15, 0.2) is 5.70 Å². The zero-order valence-electron chi connectivity index (χ0n) is 14.8. The maximum Gasteiger partial charge on any atom is 0.363 e. The normalized spacial score (nSPS) is 14.7. The lowest BCUT2D eigenvalue weighted by Crippen LogP contribution is -2.05. The van der Waals surface area contributed by atoms with Crippen molar-refractivity contribution in [3.8, 4) is 5.75 Å². The van der Waals surface area contributed by atoms with Gasteiger partial charge in [0.1, 0.15) is 18.2 Å². The quantitative estimate of drug-likeness (QED) is 0.479. The Bertz CT molecular complexity index is 1060. The van der Waals surface area contributed by atoms with Crippen molar-refractivity contribution in [2.24, 2.45) is 4.99 Å². The molecule has 1 heterocycles. The molecule has 4 nitrogen and oxygen atoms in total. The van der Waals surface area contributed by atoms with Crippen molar-refractivity contribution in [3.05, 3.63) is 107 Å². The van der Waals surface area contributed by atoms with E-state index in [2.05, 4.69) is 4.99 Å². The highest BCUT2D eigenvalue weighted by atomic mass is 19.1. The summed E-state index contributed by atoms with van der Waals surface area (Å²) in [5.74, 6) is -0.137. The first-order valence-corrected chi connectivity index (χ1v) is 8.73. The largest absolute Gasteiger partial charge is 0.488 e. The molecule has 5 heteroatoms. The van der Waals surface area contributed by atoms with E-state index in [1.54, 1.807) is 6.08 Å². The second-order valence-corrected chi connectivity index (χ2v) is 6.16. The van der Waals surface area contributed by atoms with Gasteiger partial charge in [0.2, 0.25) is 5.90 Å². The number of cyclic esters (lactones) is 1. The topological polar surface area (TPSA) is 47.9 Å². The molecule has 0 aliphatic carbocycles. The first kappa shape index (κ1) is 17.7. The number of carbonyl (C=O) groups excluding carboxylic acids is 1. The van der Waals surface area contributed by atoms with E-state index in [1.807, 2.05) is 54.6 Å². The van der Waals surface area contributed by atoms with Gasteiger partial charge < -0.3 is 9.47 Å². The van der Waals surface area contributed by atoms with Crippen molar-refractivity contribution in [3.63, 3.8) is 0 Å². The molecule has 4 rings (SSSR count). The number of carbonyl (C=O) groups is 1. The molecule has 0 aromatic heterocycles. The lowest BCUT2D eigenvalue weighted by Gasteiger charge is -2.09. The molecular formula is C23H16FNO3. The summed E-state index contributed by atoms with van der Waals surface area (Å²) in [6.45, 7) is 0.412. The van der Waals surface area contributed by atoms with Crippen LogP contribution in [-0.4, -0.2) is 11.9 Å². The third-order valence-electron chi connectivity index (χ3n) is 4.16. The van der Waals surface area contributed by atoms with E-state index < -0.39 is 5.97 Å². The zero-order chi connectivity index (χ0) is 19.3. The first-order chi connectivity index (χ1) is 13.7. The van der Waals surface area contributed by atoms with E-state index in [9.17, 15) is 9.18 Å². The van der Waals surface area contributed by atoms with Crippen LogP contribution in [0.5, 0.6) is 5.75 Å². The van der Waals surface area contributed by atoms with Crippen LogP contribution in [0, 0.1) is 5.82 Å². The second kappa shape index (κ2) is 7.88. The van der Waals surface area contributed by atoms with Gasteiger partial charge in [-0.1, -0.05) is 48.5 Å². The highest BCUT2D eigenvalue weighted by Gasteiger charge is 2.24. The van der Waals surface area contributed by atoms with Crippen molar-refractivity contribution < 1.29 is 18.7 Å². The maximum atomic E-state index is 13.1. The minimum Gasteiger partial charge on any atom is -0.488 e. The predicted octanol–water partition coefficient (Wildman–Crippen LogP) is 4.75. The van der Waals surface area contributed by atoms with E-state index in [1.165, 1.54) is 24.3 Å². The minimum absolute atomic E-state index is 0.152. The Morgan fingerprint density at radius 1 is 0.929 bits per heavy atom. The number of nitrogens with zero attached hydrogens (tertiary/aromatic N) is 1. The fourth-order valence-corrected chi connectivity index (χ4v) is 2.74. The summed E-state index contributed by atoms with van der Waals surface area (Å²) in [5, 5.41) is 0. The van der Waals surface area contributed by atoms with Gasteiger partial charge in [0.25, 0.3) is 0 Å². The fourth-order valence-electron chi connectivity index (χ4n) is 2.74. The highest BCUT2D eigenvalue weighted by Crippen LogP contribution is 2.25. The zero-order valence-corrected chi connectivity index (χ0v) is 14.8. The molecule has 1 aliphatic heterocycles. The molecule has 0 atom stereocenters. The number of para-hydroxylation sites is 1. The molecule has 28 heavy (non-hydrogen) atoms. The van der Waals surface area contributed by atoms with E-state index in [0.717, 1.165) is 11.1 Å². The van der Waals surface area contributed by atoms with Crippen LogP contribution in [0.15, 0.2) is 89.6 Å². The van der Waals surface area contributed by atoms with Gasteiger partial charge in [-0.3, -0.25) is 0 Å². The standard InChI is InChI=1S/C23H16FNO3/c24-19-12-10-17(11-13-19)22-25-20(23(26)28-22)14-18-8-4-5-9-21(18)27-15-16-6-2-1-3-7-16/h1-14H,15H2/b20-14-. The second-order valence-electron chi connectivity index (χ2n) is 6.16. The average molecular weight is 373 g/mol. The van der Waals surface area contributed by atoms with Crippen LogP contribution in [-0.2, 0) is 16.1 Å². The molecule has 0 spiro atoms. The van der Waals surface area contributed by atoms with Gasteiger partial charge in [-0.15, -0.1) is 0 Å². The predicted molar refractivity (Wildman–Crippen MR) is 104 cm³/mol. The average Bonchev–Trinajstić information content (AvgIpc) is 3.09. The number of ether oxygens (including phenoxy) is 2. The Morgan fingerprint density at radius 2 is 1.64 bits per heavy atom. The summed E-state index contributed by atoms with van der Waals surface area (Å²) < 4.78 is 24.2. The molecule has 0 unspecified atom stereocenters. The Balaban J connectivity index is 1.58. The molecule has 3 aromatic carbocycles. The Kier molecular flexibility index (Phi) is 4.97. The summed E-state index contributed by atoms with van der Waals surface area (Å²) in [6, 6.07) is 22.8. The van der Waals surface area contributed by atoms with Crippen LogP contribution in [0.3, 0.4) is 0 Å². The summed E-state index contributed by atoms with van der Waals surface area (Å²) >= 11 is 0.